The number of aliphatic hydroxyl groups excluding tert-OH is 1. The molecule has 5 atom stereocenters. The van der Waals surface area contributed by atoms with Crippen molar-refractivity contribution in [1.82, 2.24) is 4.90 Å². The molecule has 0 aromatic rings. The Hall–Kier alpha value is -1.00. The van der Waals surface area contributed by atoms with Crippen LogP contribution in [-0.4, -0.2) is 63.6 Å². The number of ether oxygens (including phenoxy) is 2. The van der Waals surface area contributed by atoms with E-state index in [1.165, 1.54) is 24.3 Å². The van der Waals surface area contributed by atoms with Gasteiger partial charge in [0, 0.05) is 19.7 Å². The van der Waals surface area contributed by atoms with E-state index in [4.69, 9.17) is 29.5 Å². The number of nitrogens with zero attached hydrogens (tertiary/aromatic N) is 2. The zero-order chi connectivity index (χ0) is 17.2. The van der Waals surface area contributed by atoms with Crippen molar-refractivity contribution < 1.29 is 33.5 Å². The third kappa shape index (κ3) is 4.51. The van der Waals surface area contributed by atoms with Gasteiger partial charge in [0.25, 0.3) is 0 Å². The van der Waals surface area contributed by atoms with Crippen LogP contribution in [0.2, 0.25) is 0 Å². The third-order valence-electron chi connectivity index (χ3n) is 3.72. The topological polar surface area (TPSA) is 147 Å². The first-order valence-electron chi connectivity index (χ1n) is 7.14. The van der Waals surface area contributed by atoms with Gasteiger partial charge in [-0.1, -0.05) is 6.92 Å². The maximum Gasteiger partial charge on any atom is 0.469 e. The third-order valence-corrected chi connectivity index (χ3v) is 4.26. The van der Waals surface area contributed by atoms with Crippen molar-refractivity contribution in [3.8, 4) is 0 Å². The number of nitrogens with two attached hydrogens (primary N) is 1. The molecule has 23 heavy (non-hydrogen) atoms. The van der Waals surface area contributed by atoms with Crippen molar-refractivity contribution in [2.75, 3.05) is 7.11 Å². The second-order valence-corrected chi connectivity index (χ2v) is 6.48. The number of aliphatic imine (C=N–C) groups is 1. The lowest BCUT2D eigenvalue weighted by atomic mass is 9.99. The largest absolute Gasteiger partial charge is 0.469 e. The molecule has 2 rings (SSSR count). The van der Waals surface area contributed by atoms with Gasteiger partial charge in [0.05, 0.1) is 6.10 Å². The van der Waals surface area contributed by atoms with Gasteiger partial charge < -0.3 is 35.0 Å². The molecule has 0 amide bonds. The summed E-state index contributed by atoms with van der Waals surface area (Å²) in [5.41, 5.74) is 5.52. The zero-order valence-electron chi connectivity index (χ0n) is 12.8. The van der Waals surface area contributed by atoms with Gasteiger partial charge in [0.1, 0.15) is 18.0 Å². The standard InChI is InChI=1S/C12H22N3O7P/c1-3-7-6-8(22-23(17,18)19)10(20-2)11(21-7)15-5-4-9(13)14-12(15)16/h4-5,7-8,10-12,16H,3,6H2,1-2H3,(H2,13,14)(H2,17,18,19)/t7-,8?,10?,11-,12?/m1/s1. The fourth-order valence-electron chi connectivity index (χ4n) is 2.66. The number of hydrogen-bond acceptors (Lipinski definition) is 8. The molecule has 3 unspecified atom stereocenters. The number of aliphatic hydroxyl groups is 1. The SMILES string of the molecule is CC[C@@H]1CC(OP(=O)(O)O)C(OC)[C@H](N2C=CC(N)=NC2O)O1. The average molecular weight is 351 g/mol. The molecular weight excluding hydrogens is 329 g/mol. The molecule has 1 saturated heterocycles. The van der Waals surface area contributed by atoms with Crippen molar-refractivity contribution in [2.45, 2.75) is 50.7 Å². The van der Waals surface area contributed by atoms with Gasteiger partial charge in [0.2, 0.25) is 6.35 Å². The Morgan fingerprint density at radius 2 is 2.26 bits per heavy atom. The van der Waals surface area contributed by atoms with Crippen molar-refractivity contribution in [3.63, 3.8) is 0 Å². The van der Waals surface area contributed by atoms with Gasteiger partial charge in [-0.15, -0.1) is 0 Å². The molecule has 0 aliphatic carbocycles. The van der Waals surface area contributed by atoms with Crippen LogP contribution in [0.3, 0.4) is 0 Å². The van der Waals surface area contributed by atoms with Gasteiger partial charge in [0.15, 0.2) is 6.23 Å². The molecule has 2 aliphatic rings. The summed E-state index contributed by atoms with van der Waals surface area (Å²) < 4.78 is 27.3. The van der Waals surface area contributed by atoms with E-state index in [-0.39, 0.29) is 18.4 Å². The summed E-state index contributed by atoms with van der Waals surface area (Å²) in [4.78, 5) is 23.4. The van der Waals surface area contributed by atoms with Gasteiger partial charge in [-0.05, 0) is 12.5 Å². The Morgan fingerprint density at radius 3 is 2.78 bits per heavy atom. The summed E-state index contributed by atoms with van der Waals surface area (Å²) in [5, 5.41) is 10.1. The highest BCUT2D eigenvalue weighted by Crippen LogP contribution is 2.42. The average Bonchev–Trinajstić information content (AvgIpc) is 2.44. The van der Waals surface area contributed by atoms with Crippen molar-refractivity contribution in [3.05, 3.63) is 12.3 Å². The van der Waals surface area contributed by atoms with Gasteiger partial charge in [-0.25, -0.2) is 9.56 Å². The first-order chi connectivity index (χ1) is 10.7. The highest BCUT2D eigenvalue weighted by Gasteiger charge is 2.45. The minimum atomic E-state index is -4.70. The van der Waals surface area contributed by atoms with E-state index in [2.05, 4.69) is 4.99 Å². The minimum absolute atomic E-state index is 0.161. The number of phosphoric ester groups is 1. The van der Waals surface area contributed by atoms with Crippen LogP contribution in [-0.2, 0) is 18.6 Å². The molecule has 0 spiro atoms. The van der Waals surface area contributed by atoms with Gasteiger partial charge in [-0.2, -0.15) is 0 Å². The van der Waals surface area contributed by atoms with E-state index in [1.54, 1.807) is 0 Å². The van der Waals surface area contributed by atoms with Crippen LogP contribution in [0.15, 0.2) is 17.3 Å². The van der Waals surface area contributed by atoms with E-state index in [0.29, 0.717) is 6.42 Å². The van der Waals surface area contributed by atoms with E-state index >= 15 is 0 Å². The summed E-state index contributed by atoms with van der Waals surface area (Å²) in [6.07, 6.45) is -0.317. The van der Waals surface area contributed by atoms with Gasteiger partial charge in [-0.3, -0.25) is 4.52 Å². The predicted octanol–water partition coefficient (Wildman–Crippen LogP) is -0.533. The van der Waals surface area contributed by atoms with Crippen LogP contribution in [0.4, 0.5) is 0 Å². The Labute approximate surface area is 133 Å². The Morgan fingerprint density at radius 1 is 1.57 bits per heavy atom. The summed E-state index contributed by atoms with van der Waals surface area (Å²) >= 11 is 0. The molecule has 2 heterocycles. The normalized spacial score (nSPS) is 35.3. The van der Waals surface area contributed by atoms with E-state index in [0.717, 1.165) is 0 Å². The second-order valence-electron chi connectivity index (χ2n) is 5.29. The second kappa shape index (κ2) is 7.27. The van der Waals surface area contributed by atoms with Crippen molar-refractivity contribution in [2.24, 2.45) is 10.7 Å². The number of hydrogen-bond donors (Lipinski definition) is 4. The summed E-state index contributed by atoms with van der Waals surface area (Å²) in [6, 6.07) is 0. The molecule has 10 nitrogen and oxygen atoms in total. The highest BCUT2D eigenvalue weighted by molar-refractivity contribution is 7.46. The fourth-order valence-corrected chi connectivity index (χ4v) is 3.21. The number of rotatable bonds is 5. The molecule has 0 bridgehead atoms. The van der Waals surface area contributed by atoms with E-state index in [1.807, 2.05) is 6.92 Å². The minimum Gasteiger partial charge on any atom is -0.384 e. The lowest BCUT2D eigenvalue weighted by Gasteiger charge is -2.45. The zero-order valence-corrected chi connectivity index (χ0v) is 13.7. The molecule has 2 aliphatic heterocycles. The van der Waals surface area contributed by atoms with Crippen LogP contribution >= 0.6 is 7.82 Å². The molecule has 1 fully saturated rings. The monoisotopic (exact) mass is 351 g/mol. The van der Waals surface area contributed by atoms with Crippen LogP contribution in [0.25, 0.3) is 0 Å². The van der Waals surface area contributed by atoms with Crippen molar-refractivity contribution in [1.29, 1.82) is 0 Å². The quantitative estimate of drug-likeness (QED) is 0.480. The number of methoxy groups -OCH3 is 1. The number of phosphoric acid groups is 1. The molecule has 0 radical (unpaired) electrons. The summed E-state index contributed by atoms with van der Waals surface area (Å²) in [5.74, 6) is 0.161. The predicted molar refractivity (Wildman–Crippen MR) is 79.9 cm³/mol. The van der Waals surface area contributed by atoms with Gasteiger partial charge >= 0.3 is 7.82 Å². The molecule has 132 valence electrons. The smallest absolute Gasteiger partial charge is 0.384 e. The Balaban J connectivity index is 2.25. The molecule has 5 N–H and O–H groups in total. The van der Waals surface area contributed by atoms with Crippen LogP contribution < -0.4 is 5.73 Å². The summed E-state index contributed by atoms with van der Waals surface area (Å²) in [7, 11) is -3.32. The number of amidine groups is 1. The molecular formula is C12H22N3O7P. The maximum atomic E-state index is 11.2. The Kier molecular flexibility index (Phi) is 5.79. The van der Waals surface area contributed by atoms with Crippen LogP contribution in [0.5, 0.6) is 0 Å². The first kappa shape index (κ1) is 18.3. The first-order valence-corrected chi connectivity index (χ1v) is 8.67. The van der Waals surface area contributed by atoms with E-state index in [9.17, 15) is 9.67 Å². The summed E-state index contributed by atoms with van der Waals surface area (Å²) in [6.45, 7) is 1.88. The van der Waals surface area contributed by atoms with Crippen LogP contribution in [0.1, 0.15) is 19.8 Å². The molecule has 0 aromatic carbocycles. The molecule has 0 saturated carbocycles. The Bertz CT molecular complexity index is 523. The highest BCUT2D eigenvalue weighted by atomic mass is 31.2. The maximum absolute atomic E-state index is 11.2. The van der Waals surface area contributed by atoms with Crippen molar-refractivity contribution >= 4 is 13.7 Å². The molecule has 0 aromatic heterocycles. The molecule has 11 heteroatoms. The fraction of sp³-hybridized carbons (Fsp3) is 0.750. The van der Waals surface area contributed by atoms with Crippen LogP contribution in [0, 0.1) is 0 Å². The lowest BCUT2D eigenvalue weighted by Crippen LogP contribution is -2.58. The lowest BCUT2D eigenvalue weighted by molar-refractivity contribution is -0.235. The van der Waals surface area contributed by atoms with E-state index < -0.39 is 32.6 Å².